The molecule has 0 unspecified atom stereocenters. The van der Waals surface area contributed by atoms with Crippen LogP contribution in [0.3, 0.4) is 0 Å². The Morgan fingerprint density at radius 2 is 2.54 bits per heavy atom. The van der Waals surface area contributed by atoms with Gasteiger partial charge in [-0.25, -0.2) is 0 Å². The molecule has 0 spiro atoms. The van der Waals surface area contributed by atoms with Crippen LogP contribution in [0.1, 0.15) is 6.42 Å². The van der Waals surface area contributed by atoms with Gasteiger partial charge in [0.15, 0.2) is 0 Å². The average molecular weight is 234 g/mol. The molecule has 1 heterocycles. The Bertz CT molecular complexity index is 159. The van der Waals surface area contributed by atoms with Gasteiger partial charge in [0.1, 0.15) is 20.2 Å². The van der Waals surface area contributed by atoms with E-state index in [0.717, 1.165) is 30.1 Å². The number of rotatable bonds is 7. The molecule has 0 saturated carbocycles. The molecule has 0 aromatic rings. The Morgan fingerprint density at radius 1 is 1.62 bits per heavy atom. The van der Waals surface area contributed by atoms with Gasteiger partial charge in [-0.05, 0) is 12.5 Å². The Kier molecular flexibility index (Phi) is 6.37. The van der Waals surface area contributed by atoms with Crippen molar-refractivity contribution in [2.24, 2.45) is 4.99 Å². The van der Waals surface area contributed by atoms with E-state index in [0.29, 0.717) is 0 Å². The third-order valence-electron chi connectivity index (χ3n) is 1.95. The summed E-state index contributed by atoms with van der Waals surface area (Å²) in [4.78, 5) is 6.45. The summed E-state index contributed by atoms with van der Waals surface area (Å²) in [5.41, 5.74) is 0. The van der Waals surface area contributed by atoms with Gasteiger partial charge in [0, 0.05) is 13.1 Å². The SMILES string of the molecule is [SiH3]O[SiH2]O[SiH2]CCCN1C=NCC1. The van der Waals surface area contributed by atoms with Crippen molar-refractivity contribution in [1.29, 1.82) is 0 Å². The lowest BCUT2D eigenvalue weighted by Gasteiger charge is -2.12. The summed E-state index contributed by atoms with van der Waals surface area (Å²) in [5.74, 6) is 0. The number of aliphatic imine (C=N–C) groups is 1. The van der Waals surface area contributed by atoms with Gasteiger partial charge in [-0.1, -0.05) is 0 Å². The molecule has 4 nitrogen and oxygen atoms in total. The van der Waals surface area contributed by atoms with Crippen LogP contribution >= 0.6 is 0 Å². The molecule has 1 aliphatic rings. The molecule has 0 aromatic heterocycles. The maximum atomic E-state index is 5.49. The molecule has 76 valence electrons. The van der Waals surface area contributed by atoms with Crippen molar-refractivity contribution in [2.45, 2.75) is 12.5 Å². The third-order valence-corrected chi connectivity index (χ3v) is 5.50. The standard InChI is InChI=1S/C6H18N2O2Si3/c11-9-13-10-12-5-1-3-8-4-2-7-6-8/h6H,1-5,12-13H2,11H3. The molecule has 0 radical (unpaired) electrons. The second kappa shape index (κ2) is 7.45. The lowest BCUT2D eigenvalue weighted by atomic mass is 10.4. The summed E-state index contributed by atoms with van der Waals surface area (Å²) in [6.07, 6.45) is 3.23. The molecule has 7 heteroatoms. The molecule has 0 bridgehead atoms. The van der Waals surface area contributed by atoms with Crippen molar-refractivity contribution in [2.75, 3.05) is 19.6 Å². The minimum atomic E-state index is -0.540. The predicted octanol–water partition coefficient (Wildman–Crippen LogP) is -2.47. The zero-order valence-electron chi connectivity index (χ0n) is 8.24. The average Bonchev–Trinajstić information content (AvgIpc) is 2.63. The Hall–Kier alpha value is 0.0406. The van der Waals surface area contributed by atoms with Gasteiger partial charge in [-0.2, -0.15) is 0 Å². The number of hydrogen-bond acceptors (Lipinski definition) is 4. The highest BCUT2D eigenvalue weighted by molar-refractivity contribution is 6.41. The monoisotopic (exact) mass is 234 g/mol. The molecule has 0 amide bonds. The quantitative estimate of drug-likeness (QED) is 0.362. The van der Waals surface area contributed by atoms with E-state index in [4.69, 9.17) is 8.23 Å². The van der Waals surface area contributed by atoms with Gasteiger partial charge in [0.2, 0.25) is 0 Å². The van der Waals surface area contributed by atoms with Crippen molar-refractivity contribution >= 4 is 36.6 Å². The van der Waals surface area contributed by atoms with E-state index in [2.05, 4.69) is 9.89 Å². The molecule has 0 N–H and O–H groups in total. The lowest BCUT2D eigenvalue weighted by molar-refractivity contribution is 0.458. The lowest BCUT2D eigenvalue weighted by Crippen LogP contribution is -2.21. The van der Waals surface area contributed by atoms with Gasteiger partial charge in [0.25, 0.3) is 10.0 Å². The third kappa shape index (κ3) is 5.37. The van der Waals surface area contributed by atoms with Crippen LogP contribution in [0.5, 0.6) is 0 Å². The van der Waals surface area contributed by atoms with Crippen LogP contribution in [-0.2, 0) is 8.23 Å². The number of nitrogens with zero attached hydrogens (tertiary/aromatic N) is 2. The maximum absolute atomic E-state index is 5.49. The highest BCUT2D eigenvalue weighted by Gasteiger charge is 2.03. The van der Waals surface area contributed by atoms with Gasteiger partial charge in [0.05, 0.1) is 12.9 Å². The molecule has 0 fully saturated rings. The summed E-state index contributed by atoms with van der Waals surface area (Å²) in [6.45, 7) is 3.25. The fraction of sp³-hybridized carbons (Fsp3) is 0.833. The predicted molar refractivity (Wildman–Crippen MR) is 63.6 cm³/mol. The summed E-state index contributed by atoms with van der Waals surface area (Å²) in [5, 5.41) is 0. The Morgan fingerprint density at radius 3 is 3.23 bits per heavy atom. The normalized spacial score (nSPS) is 17.7. The summed E-state index contributed by atoms with van der Waals surface area (Å²) in [6, 6.07) is 1.28. The second-order valence-corrected chi connectivity index (χ2v) is 8.37. The zero-order valence-corrected chi connectivity index (χ0v) is 13.1. The van der Waals surface area contributed by atoms with E-state index in [9.17, 15) is 0 Å². The minimum Gasteiger partial charge on any atom is -0.449 e. The summed E-state index contributed by atoms with van der Waals surface area (Å²) in [7, 11) is 0.0578. The zero-order chi connectivity index (χ0) is 9.36. The van der Waals surface area contributed by atoms with Crippen LogP contribution < -0.4 is 0 Å². The summed E-state index contributed by atoms with van der Waals surface area (Å²) >= 11 is 0. The topological polar surface area (TPSA) is 34.1 Å². The molecular formula is C6H18N2O2Si3. The van der Waals surface area contributed by atoms with Crippen LogP contribution in [0.15, 0.2) is 4.99 Å². The van der Waals surface area contributed by atoms with Crippen molar-refractivity contribution in [3.63, 3.8) is 0 Å². The first-order valence-corrected chi connectivity index (χ1v) is 8.29. The molecular weight excluding hydrogens is 216 g/mol. The maximum Gasteiger partial charge on any atom is 0.282 e. The molecule has 0 saturated heterocycles. The first-order valence-electron chi connectivity index (χ1n) is 4.74. The van der Waals surface area contributed by atoms with Crippen molar-refractivity contribution < 1.29 is 8.23 Å². The Balaban J connectivity index is 1.81. The van der Waals surface area contributed by atoms with E-state index in [1.165, 1.54) is 12.5 Å². The minimum absolute atomic E-state index is 0.250. The van der Waals surface area contributed by atoms with Crippen molar-refractivity contribution in [1.82, 2.24) is 4.90 Å². The largest absolute Gasteiger partial charge is 0.449 e. The highest BCUT2D eigenvalue weighted by atomic mass is 28.3. The fourth-order valence-electron chi connectivity index (χ4n) is 1.25. The molecule has 1 aliphatic heterocycles. The van der Waals surface area contributed by atoms with E-state index >= 15 is 0 Å². The first-order chi connectivity index (χ1) is 6.43. The van der Waals surface area contributed by atoms with Crippen LogP contribution in [0.2, 0.25) is 6.04 Å². The van der Waals surface area contributed by atoms with E-state index in [1.807, 2.05) is 6.34 Å². The van der Waals surface area contributed by atoms with Crippen molar-refractivity contribution in [3.05, 3.63) is 0 Å². The van der Waals surface area contributed by atoms with Crippen LogP contribution in [0.4, 0.5) is 0 Å². The van der Waals surface area contributed by atoms with Gasteiger partial charge in [-0.3, -0.25) is 4.99 Å². The fourth-order valence-corrected chi connectivity index (χ4v) is 5.13. The van der Waals surface area contributed by atoms with Gasteiger partial charge < -0.3 is 13.1 Å². The van der Waals surface area contributed by atoms with E-state index < -0.39 is 10.0 Å². The Labute approximate surface area is 87.3 Å². The number of hydrogen-bond donors (Lipinski definition) is 0. The smallest absolute Gasteiger partial charge is 0.282 e. The highest BCUT2D eigenvalue weighted by Crippen LogP contribution is 1.97. The molecule has 1 rings (SSSR count). The molecule has 0 aromatic carbocycles. The molecule has 0 aliphatic carbocycles. The van der Waals surface area contributed by atoms with E-state index in [1.54, 1.807) is 0 Å². The van der Waals surface area contributed by atoms with Crippen LogP contribution in [-0.4, -0.2) is 61.1 Å². The first kappa shape index (κ1) is 11.1. The van der Waals surface area contributed by atoms with Crippen LogP contribution in [0.25, 0.3) is 0 Å². The second-order valence-electron chi connectivity index (χ2n) is 3.08. The summed E-state index contributed by atoms with van der Waals surface area (Å²) < 4.78 is 10.6. The van der Waals surface area contributed by atoms with Crippen LogP contribution in [0, 0.1) is 0 Å². The van der Waals surface area contributed by atoms with Gasteiger partial charge >= 0.3 is 0 Å². The van der Waals surface area contributed by atoms with E-state index in [-0.39, 0.29) is 9.76 Å². The van der Waals surface area contributed by atoms with Crippen molar-refractivity contribution in [3.8, 4) is 0 Å². The molecule has 13 heavy (non-hydrogen) atoms. The van der Waals surface area contributed by atoms with Gasteiger partial charge in [-0.15, -0.1) is 0 Å². The molecule has 0 atom stereocenters.